The molecule has 0 aliphatic heterocycles. The Morgan fingerprint density at radius 3 is 2.38 bits per heavy atom. The Morgan fingerprint density at radius 1 is 1.12 bits per heavy atom. The van der Waals surface area contributed by atoms with E-state index < -0.39 is 5.97 Å². The fourth-order valence-electron chi connectivity index (χ4n) is 2.20. The molecule has 0 saturated heterocycles. The van der Waals surface area contributed by atoms with Crippen LogP contribution in [0.5, 0.6) is 5.75 Å². The lowest BCUT2D eigenvalue weighted by Gasteiger charge is -2.12. The molecule has 24 heavy (non-hydrogen) atoms. The number of aryl methyl sites for hydroxylation is 2. The fourth-order valence-corrected chi connectivity index (χ4v) is 2.31. The van der Waals surface area contributed by atoms with Gasteiger partial charge in [-0.25, -0.2) is 4.79 Å². The van der Waals surface area contributed by atoms with Crippen LogP contribution in [0.25, 0.3) is 0 Å². The summed E-state index contributed by atoms with van der Waals surface area (Å²) in [6.07, 6.45) is 0. The molecule has 1 amide bonds. The Balaban J connectivity index is 2.03. The van der Waals surface area contributed by atoms with Gasteiger partial charge in [0.15, 0.2) is 6.61 Å². The van der Waals surface area contributed by atoms with Crippen molar-refractivity contribution < 1.29 is 19.1 Å². The van der Waals surface area contributed by atoms with Crippen molar-refractivity contribution in [2.45, 2.75) is 13.8 Å². The molecular weight excluding hydrogens is 330 g/mol. The van der Waals surface area contributed by atoms with Crippen molar-refractivity contribution in [1.82, 2.24) is 0 Å². The van der Waals surface area contributed by atoms with Gasteiger partial charge in [-0.3, -0.25) is 4.79 Å². The molecule has 126 valence electrons. The van der Waals surface area contributed by atoms with Crippen LogP contribution in [0.15, 0.2) is 36.4 Å². The third-order valence-corrected chi connectivity index (χ3v) is 3.98. The van der Waals surface area contributed by atoms with Gasteiger partial charge in [0.2, 0.25) is 0 Å². The van der Waals surface area contributed by atoms with E-state index >= 15 is 0 Å². The van der Waals surface area contributed by atoms with E-state index in [4.69, 9.17) is 21.1 Å². The Kier molecular flexibility index (Phi) is 5.82. The smallest absolute Gasteiger partial charge is 0.339 e. The van der Waals surface area contributed by atoms with Crippen LogP contribution >= 0.6 is 11.6 Å². The fraction of sp³-hybridized carbons (Fsp3) is 0.222. The number of amides is 1. The van der Waals surface area contributed by atoms with E-state index in [-0.39, 0.29) is 18.1 Å². The molecule has 0 saturated carbocycles. The molecule has 0 spiro atoms. The van der Waals surface area contributed by atoms with Gasteiger partial charge in [-0.1, -0.05) is 23.7 Å². The average Bonchev–Trinajstić information content (AvgIpc) is 2.57. The second-order valence-corrected chi connectivity index (χ2v) is 5.62. The lowest BCUT2D eigenvalue weighted by Crippen LogP contribution is -2.21. The number of anilines is 1. The minimum Gasteiger partial charge on any atom is -0.484 e. The molecule has 0 radical (unpaired) electrons. The zero-order valence-corrected chi connectivity index (χ0v) is 14.4. The number of nitrogens with one attached hydrogen (secondary N) is 1. The summed E-state index contributed by atoms with van der Waals surface area (Å²) < 4.78 is 10.2. The van der Waals surface area contributed by atoms with Gasteiger partial charge in [0.1, 0.15) is 5.75 Å². The molecule has 2 aromatic carbocycles. The highest BCUT2D eigenvalue weighted by Gasteiger charge is 2.13. The van der Waals surface area contributed by atoms with Gasteiger partial charge in [-0.2, -0.15) is 0 Å². The first-order valence-electron chi connectivity index (χ1n) is 7.29. The van der Waals surface area contributed by atoms with Crippen molar-refractivity contribution in [3.8, 4) is 5.75 Å². The summed E-state index contributed by atoms with van der Waals surface area (Å²) in [6.45, 7) is 3.56. The largest absolute Gasteiger partial charge is 0.484 e. The van der Waals surface area contributed by atoms with E-state index in [0.29, 0.717) is 16.5 Å². The summed E-state index contributed by atoms with van der Waals surface area (Å²) in [5.41, 5.74) is 2.42. The first-order valence-corrected chi connectivity index (χ1v) is 7.67. The topological polar surface area (TPSA) is 64.6 Å². The van der Waals surface area contributed by atoms with Gasteiger partial charge < -0.3 is 14.8 Å². The molecule has 0 atom stereocenters. The van der Waals surface area contributed by atoms with E-state index in [2.05, 4.69) is 5.32 Å². The number of para-hydroxylation sites is 1. The molecule has 0 aliphatic carbocycles. The van der Waals surface area contributed by atoms with E-state index in [9.17, 15) is 9.59 Å². The van der Waals surface area contributed by atoms with Crippen LogP contribution in [0.4, 0.5) is 5.69 Å². The Labute approximate surface area is 145 Å². The highest BCUT2D eigenvalue weighted by Crippen LogP contribution is 2.25. The maximum atomic E-state index is 12.1. The summed E-state index contributed by atoms with van der Waals surface area (Å²) in [5.74, 6) is -0.335. The average molecular weight is 348 g/mol. The summed E-state index contributed by atoms with van der Waals surface area (Å²) >= 11 is 6.10. The lowest BCUT2D eigenvalue weighted by atomic mass is 10.1. The molecule has 0 heterocycles. The van der Waals surface area contributed by atoms with Crippen molar-refractivity contribution in [3.05, 3.63) is 58.1 Å². The first kappa shape index (κ1) is 17.8. The van der Waals surface area contributed by atoms with Crippen LogP contribution in [-0.2, 0) is 9.53 Å². The maximum Gasteiger partial charge on any atom is 0.339 e. The van der Waals surface area contributed by atoms with Gasteiger partial charge in [-0.15, -0.1) is 0 Å². The quantitative estimate of drug-likeness (QED) is 0.836. The van der Waals surface area contributed by atoms with Crippen LogP contribution in [-0.4, -0.2) is 25.6 Å². The summed E-state index contributed by atoms with van der Waals surface area (Å²) in [4.78, 5) is 23.8. The number of esters is 1. The molecule has 0 aliphatic rings. The minimum atomic E-state index is -0.518. The number of hydrogen-bond donors (Lipinski definition) is 1. The van der Waals surface area contributed by atoms with Crippen molar-refractivity contribution >= 4 is 29.2 Å². The van der Waals surface area contributed by atoms with Gasteiger partial charge >= 0.3 is 5.97 Å². The lowest BCUT2D eigenvalue weighted by molar-refractivity contribution is -0.118. The third-order valence-electron chi connectivity index (χ3n) is 3.39. The number of halogens is 1. The monoisotopic (exact) mass is 347 g/mol. The molecule has 0 unspecified atom stereocenters. The summed E-state index contributed by atoms with van der Waals surface area (Å²) in [6, 6.07) is 10.2. The second-order valence-electron chi connectivity index (χ2n) is 5.25. The van der Waals surface area contributed by atoms with Crippen molar-refractivity contribution in [3.63, 3.8) is 0 Å². The number of carbonyl (C=O) groups excluding carboxylic acids is 2. The molecule has 6 heteroatoms. The Bertz CT molecular complexity index is 750. The van der Waals surface area contributed by atoms with E-state index in [1.165, 1.54) is 7.11 Å². The molecule has 0 bridgehead atoms. The number of rotatable bonds is 5. The van der Waals surface area contributed by atoms with Crippen LogP contribution in [0.2, 0.25) is 5.02 Å². The van der Waals surface area contributed by atoms with E-state index in [1.54, 1.807) is 36.4 Å². The predicted octanol–water partition coefficient (Wildman–Crippen LogP) is 3.76. The molecule has 2 aromatic rings. The minimum absolute atomic E-state index is 0.185. The van der Waals surface area contributed by atoms with Crippen LogP contribution < -0.4 is 10.1 Å². The van der Waals surface area contributed by atoms with Gasteiger partial charge in [0.25, 0.3) is 5.91 Å². The van der Waals surface area contributed by atoms with Gasteiger partial charge in [0, 0.05) is 5.02 Å². The van der Waals surface area contributed by atoms with Crippen molar-refractivity contribution in [1.29, 1.82) is 0 Å². The van der Waals surface area contributed by atoms with E-state index in [0.717, 1.165) is 11.1 Å². The molecule has 2 rings (SSSR count). The highest BCUT2D eigenvalue weighted by molar-refractivity contribution is 6.32. The third kappa shape index (κ3) is 4.26. The SMILES string of the molecule is COC(=O)c1ccccc1NC(=O)COc1cc(C)c(Cl)c(C)c1. The standard InChI is InChI=1S/C18H18ClNO4/c1-11-8-13(9-12(2)17(11)19)24-10-16(21)20-15-7-5-4-6-14(15)18(22)23-3/h4-9H,10H2,1-3H3,(H,20,21). The Hall–Kier alpha value is -2.53. The van der Waals surface area contributed by atoms with Gasteiger partial charge in [0.05, 0.1) is 18.4 Å². The number of methoxy groups -OCH3 is 1. The molecule has 5 nitrogen and oxygen atoms in total. The van der Waals surface area contributed by atoms with Crippen molar-refractivity contribution in [2.24, 2.45) is 0 Å². The number of carbonyl (C=O) groups is 2. The predicted molar refractivity (Wildman–Crippen MR) is 92.8 cm³/mol. The Morgan fingerprint density at radius 2 is 1.75 bits per heavy atom. The molecule has 1 N–H and O–H groups in total. The van der Waals surface area contributed by atoms with Crippen LogP contribution in [0, 0.1) is 13.8 Å². The molecular formula is C18H18ClNO4. The van der Waals surface area contributed by atoms with E-state index in [1.807, 2.05) is 13.8 Å². The summed E-state index contributed by atoms with van der Waals surface area (Å²) in [7, 11) is 1.29. The van der Waals surface area contributed by atoms with Crippen LogP contribution in [0.3, 0.4) is 0 Å². The van der Waals surface area contributed by atoms with Crippen molar-refractivity contribution in [2.75, 3.05) is 19.0 Å². The zero-order valence-electron chi connectivity index (χ0n) is 13.7. The van der Waals surface area contributed by atoms with Crippen LogP contribution in [0.1, 0.15) is 21.5 Å². The normalized spacial score (nSPS) is 10.2. The summed E-state index contributed by atoms with van der Waals surface area (Å²) in [5, 5.41) is 3.33. The highest BCUT2D eigenvalue weighted by atomic mass is 35.5. The maximum absolute atomic E-state index is 12.1. The zero-order chi connectivity index (χ0) is 17.7. The second kappa shape index (κ2) is 7.84. The number of hydrogen-bond acceptors (Lipinski definition) is 4. The van der Waals surface area contributed by atoms with Gasteiger partial charge in [-0.05, 0) is 49.2 Å². The first-order chi connectivity index (χ1) is 11.4. The number of benzene rings is 2. The number of ether oxygens (including phenoxy) is 2. The molecule has 0 fully saturated rings. The molecule has 0 aromatic heterocycles.